The minimum atomic E-state index is -0.691. The molecule has 4 rings (SSSR count). The van der Waals surface area contributed by atoms with Crippen molar-refractivity contribution in [3.05, 3.63) is 83.8 Å². The molecule has 2 aromatic heterocycles. The molecule has 0 atom stereocenters. The number of aryl methyl sites for hydroxylation is 1. The van der Waals surface area contributed by atoms with E-state index in [-0.39, 0.29) is 49.7 Å². The Bertz CT molecular complexity index is 1660. The number of hydrogen-bond donors (Lipinski definition) is 2. The summed E-state index contributed by atoms with van der Waals surface area (Å²) in [6, 6.07) is 17.9. The van der Waals surface area contributed by atoms with Gasteiger partial charge in [-0.25, -0.2) is 14.8 Å². The number of fused-ring (bicyclic) bond motifs is 1. The Morgan fingerprint density at radius 1 is 0.979 bits per heavy atom. The molecule has 250 valence electrons. The summed E-state index contributed by atoms with van der Waals surface area (Å²) >= 11 is 0. The second-order valence-electron chi connectivity index (χ2n) is 10.6. The molecule has 47 heavy (non-hydrogen) atoms. The number of carbonyl (C=O) groups excluding carboxylic acids is 3. The van der Waals surface area contributed by atoms with Crippen molar-refractivity contribution in [3.63, 3.8) is 0 Å². The molecule has 4 aromatic rings. The summed E-state index contributed by atoms with van der Waals surface area (Å²) in [5.74, 6) is 0.620. The van der Waals surface area contributed by atoms with E-state index in [0.717, 1.165) is 42.7 Å². The fourth-order valence-electron chi connectivity index (χ4n) is 4.79. The highest BCUT2D eigenvalue weighted by Crippen LogP contribution is 2.21. The van der Waals surface area contributed by atoms with Crippen LogP contribution >= 0.6 is 12.4 Å². The fourth-order valence-corrected chi connectivity index (χ4v) is 4.79. The van der Waals surface area contributed by atoms with E-state index in [9.17, 15) is 14.4 Å². The minimum Gasteiger partial charge on any atom is -0.466 e. The number of anilines is 2. The number of nitrogens with one attached hydrogen (secondary N) is 1. The number of imidazole rings is 1. The van der Waals surface area contributed by atoms with Crippen molar-refractivity contribution in [2.24, 2.45) is 17.8 Å². The first-order valence-electron chi connectivity index (χ1n) is 15.5. The van der Waals surface area contributed by atoms with Crippen LogP contribution in [0.4, 0.5) is 16.3 Å². The maximum atomic E-state index is 13.6. The van der Waals surface area contributed by atoms with Gasteiger partial charge in [-0.1, -0.05) is 32.3 Å². The number of amidine groups is 1. The molecule has 13 heteroatoms. The van der Waals surface area contributed by atoms with E-state index in [1.165, 1.54) is 4.90 Å². The average Bonchev–Trinajstić information content (AvgIpc) is 3.38. The maximum Gasteiger partial charge on any atom is 0.435 e. The summed E-state index contributed by atoms with van der Waals surface area (Å²) in [4.78, 5) is 52.0. The number of aromatic nitrogens is 3. The number of benzene rings is 2. The molecule has 2 amide bonds. The fraction of sp³-hybridized carbons (Fsp3) is 0.353. The van der Waals surface area contributed by atoms with E-state index in [2.05, 4.69) is 22.2 Å². The number of hydrogen-bond acceptors (Lipinski definition) is 8. The number of esters is 1. The standard InChI is InChI=1S/C34H41N7O5.ClH/c1-4-6-7-10-21-46-34(44)39-32(35)24-12-15-26(16-13-24)37-23-30-38-27-22-25(14-17-28(27)40(30)3)33(43)41(20-18-31(42)45-5-2)29-11-8-9-19-36-29;/h8-9,11-17,19,22,37H,4-7,10,18,20-21,23H2,1-3H3,(H2,35,39,44);1H. The number of carbonyl (C=O) groups is 3. The van der Waals surface area contributed by atoms with E-state index in [1.54, 1.807) is 55.6 Å². The smallest absolute Gasteiger partial charge is 0.435 e. The zero-order valence-corrected chi connectivity index (χ0v) is 27.8. The Balaban J connectivity index is 0.00000600. The molecule has 3 N–H and O–H groups in total. The number of nitrogens with two attached hydrogens (primary N) is 1. The molecule has 0 saturated carbocycles. The lowest BCUT2D eigenvalue weighted by atomic mass is 10.1. The highest BCUT2D eigenvalue weighted by molar-refractivity contribution is 6.07. The number of rotatable bonds is 15. The van der Waals surface area contributed by atoms with Crippen LogP contribution in [0.15, 0.2) is 71.9 Å². The average molecular weight is 664 g/mol. The predicted octanol–water partition coefficient (Wildman–Crippen LogP) is 6.02. The second kappa shape index (κ2) is 18.2. The topological polar surface area (TPSA) is 154 Å². The quantitative estimate of drug-likeness (QED) is 0.0672. The normalized spacial score (nSPS) is 11.1. The van der Waals surface area contributed by atoms with Crippen molar-refractivity contribution in [3.8, 4) is 0 Å². The number of unbranched alkanes of at least 4 members (excludes halogenated alkanes) is 3. The van der Waals surface area contributed by atoms with Gasteiger partial charge in [-0.2, -0.15) is 4.99 Å². The van der Waals surface area contributed by atoms with Crippen LogP contribution in [0, 0.1) is 0 Å². The highest BCUT2D eigenvalue weighted by atomic mass is 35.5. The Morgan fingerprint density at radius 2 is 1.74 bits per heavy atom. The van der Waals surface area contributed by atoms with Gasteiger partial charge in [0.1, 0.15) is 17.5 Å². The van der Waals surface area contributed by atoms with E-state index in [1.807, 2.05) is 29.8 Å². The third kappa shape index (κ3) is 10.3. The van der Waals surface area contributed by atoms with Gasteiger partial charge in [0.15, 0.2) is 0 Å². The number of pyridine rings is 1. The highest BCUT2D eigenvalue weighted by Gasteiger charge is 2.21. The number of aliphatic imine (C=N–C) groups is 1. The molecule has 0 bridgehead atoms. The maximum absolute atomic E-state index is 13.6. The van der Waals surface area contributed by atoms with Gasteiger partial charge in [-0.3, -0.25) is 14.5 Å². The summed E-state index contributed by atoms with van der Waals surface area (Å²) < 4.78 is 12.1. The van der Waals surface area contributed by atoms with Crippen LogP contribution in [0.25, 0.3) is 11.0 Å². The van der Waals surface area contributed by atoms with E-state index in [0.29, 0.717) is 35.6 Å². The van der Waals surface area contributed by atoms with Crippen LogP contribution < -0.4 is 16.0 Å². The lowest BCUT2D eigenvalue weighted by Gasteiger charge is -2.21. The van der Waals surface area contributed by atoms with Gasteiger partial charge in [-0.15, -0.1) is 12.4 Å². The van der Waals surface area contributed by atoms with Crippen molar-refractivity contribution in [2.75, 3.05) is 30.0 Å². The first-order chi connectivity index (χ1) is 22.3. The minimum absolute atomic E-state index is 0. The van der Waals surface area contributed by atoms with Gasteiger partial charge in [-0.05, 0) is 67.9 Å². The van der Waals surface area contributed by atoms with Crippen molar-refractivity contribution < 1.29 is 23.9 Å². The SMILES string of the molecule is CCCCCCOC(=O)/N=C(/N)c1ccc(NCc2nc3cc(C(=O)N(CCC(=O)OCC)c4ccccn4)ccc3n2C)cc1.Cl. The van der Waals surface area contributed by atoms with Crippen LogP contribution in [-0.2, 0) is 27.9 Å². The molecule has 12 nitrogen and oxygen atoms in total. The lowest BCUT2D eigenvalue weighted by molar-refractivity contribution is -0.142. The molecule has 0 aliphatic carbocycles. The Kier molecular flexibility index (Phi) is 14.2. The summed E-state index contributed by atoms with van der Waals surface area (Å²) in [6.07, 6.45) is 4.99. The third-order valence-electron chi connectivity index (χ3n) is 7.30. The summed E-state index contributed by atoms with van der Waals surface area (Å²) in [6.45, 7) is 5.02. The van der Waals surface area contributed by atoms with Gasteiger partial charge < -0.3 is 25.1 Å². The first kappa shape index (κ1) is 36.5. The van der Waals surface area contributed by atoms with Crippen LogP contribution in [0.5, 0.6) is 0 Å². The van der Waals surface area contributed by atoms with E-state index in [4.69, 9.17) is 20.2 Å². The van der Waals surface area contributed by atoms with Crippen molar-refractivity contribution in [2.45, 2.75) is 52.5 Å². The van der Waals surface area contributed by atoms with Gasteiger partial charge in [0.2, 0.25) is 0 Å². The number of halogens is 1. The van der Waals surface area contributed by atoms with Crippen LogP contribution in [0.2, 0.25) is 0 Å². The van der Waals surface area contributed by atoms with Crippen molar-refractivity contribution >= 4 is 58.8 Å². The molecule has 0 spiro atoms. The van der Waals surface area contributed by atoms with Crippen molar-refractivity contribution in [1.82, 2.24) is 14.5 Å². The predicted molar refractivity (Wildman–Crippen MR) is 185 cm³/mol. The van der Waals surface area contributed by atoms with Crippen LogP contribution in [0.1, 0.15) is 67.7 Å². The molecule has 0 unspecified atom stereocenters. The molecule has 0 fully saturated rings. The van der Waals surface area contributed by atoms with Crippen LogP contribution in [0.3, 0.4) is 0 Å². The molecule has 0 saturated heterocycles. The molecular formula is C34H42ClN7O5. The lowest BCUT2D eigenvalue weighted by Crippen LogP contribution is -2.34. The molecule has 2 aromatic carbocycles. The van der Waals surface area contributed by atoms with Gasteiger partial charge >= 0.3 is 12.1 Å². The Labute approximate surface area is 280 Å². The van der Waals surface area contributed by atoms with Crippen LogP contribution in [-0.4, -0.2) is 58.1 Å². The summed E-state index contributed by atoms with van der Waals surface area (Å²) in [5, 5.41) is 3.35. The zero-order valence-electron chi connectivity index (χ0n) is 27.0. The van der Waals surface area contributed by atoms with Gasteiger partial charge in [0, 0.05) is 36.6 Å². The Hall–Kier alpha value is -4.97. The molecule has 2 heterocycles. The first-order valence-corrected chi connectivity index (χ1v) is 15.5. The summed E-state index contributed by atoms with van der Waals surface area (Å²) in [7, 11) is 1.91. The zero-order chi connectivity index (χ0) is 32.9. The summed E-state index contributed by atoms with van der Waals surface area (Å²) in [5.41, 5.74) is 9.40. The number of nitrogens with zero attached hydrogens (tertiary/aromatic N) is 5. The molecule has 0 radical (unpaired) electrons. The van der Waals surface area contributed by atoms with Gasteiger partial charge in [0.25, 0.3) is 5.91 Å². The molecule has 0 aliphatic heterocycles. The monoisotopic (exact) mass is 663 g/mol. The number of ether oxygens (including phenoxy) is 2. The van der Waals surface area contributed by atoms with E-state index < -0.39 is 6.09 Å². The van der Waals surface area contributed by atoms with Gasteiger partial charge in [0.05, 0.1) is 37.2 Å². The van der Waals surface area contributed by atoms with E-state index >= 15 is 0 Å². The van der Waals surface area contributed by atoms with Crippen molar-refractivity contribution in [1.29, 1.82) is 0 Å². The second-order valence-corrected chi connectivity index (χ2v) is 10.6. The Morgan fingerprint density at radius 3 is 2.45 bits per heavy atom. The third-order valence-corrected chi connectivity index (χ3v) is 7.30. The molecule has 0 aliphatic rings. The molecular weight excluding hydrogens is 622 g/mol. The largest absolute Gasteiger partial charge is 0.466 e. The number of amides is 2.